The average Bonchev–Trinajstić information content (AvgIpc) is 3.16. The van der Waals surface area contributed by atoms with Crippen molar-refractivity contribution in [3.8, 4) is 0 Å². The minimum Gasteiger partial charge on any atom is -0.394 e. The lowest BCUT2D eigenvalue weighted by atomic mass is 10.1. The summed E-state index contributed by atoms with van der Waals surface area (Å²) in [6.07, 6.45) is -3.44. The molecule has 4 rings (SSSR count). The Morgan fingerprint density at radius 1 is 1.26 bits per heavy atom. The van der Waals surface area contributed by atoms with Crippen molar-refractivity contribution in [2.45, 2.75) is 31.5 Å². The van der Waals surface area contributed by atoms with Gasteiger partial charge in [0, 0.05) is 5.69 Å². The quantitative estimate of drug-likeness (QED) is 0.422. The second kappa shape index (κ2) is 6.74. The van der Waals surface area contributed by atoms with Gasteiger partial charge in [0.05, 0.1) is 12.9 Å². The summed E-state index contributed by atoms with van der Waals surface area (Å²) in [7, 11) is 0. The number of aromatic amines is 1. The van der Waals surface area contributed by atoms with Crippen molar-refractivity contribution < 1.29 is 20.1 Å². The van der Waals surface area contributed by atoms with Gasteiger partial charge in [-0.3, -0.25) is 9.36 Å². The number of hydrogen-bond donors (Lipinski definition) is 5. The molecular weight excluding hydrogens is 354 g/mol. The molecule has 2 aromatic heterocycles. The number of benzene rings is 1. The van der Waals surface area contributed by atoms with Crippen LogP contribution in [-0.4, -0.2) is 59.8 Å². The van der Waals surface area contributed by atoms with Crippen molar-refractivity contribution in [3.63, 3.8) is 0 Å². The summed E-state index contributed by atoms with van der Waals surface area (Å²) in [6, 6.07) is 7.50. The molecule has 27 heavy (non-hydrogen) atoms. The Bertz CT molecular complexity index is 1010. The molecule has 3 heterocycles. The molecule has 10 heteroatoms. The summed E-state index contributed by atoms with van der Waals surface area (Å²) in [4.78, 5) is 23.0. The molecule has 0 spiro atoms. The second-order valence-corrected chi connectivity index (χ2v) is 6.43. The first kappa shape index (κ1) is 17.6. The lowest BCUT2D eigenvalue weighted by Gasteiger charge is -2.19. The number of rotatable bonds is 4. The molecule has 0 unspecified atom stereocenters. The molecule has 5 N–H and O–H groups in total. The van der Waals surface area contributed by atoms with Crippen molar-refractivity contribution in [1.82, 2.24) is 19.5 Å². The van der Waals surface area contributed by atoms with Gasteiger partial charge in [-0.15, -0.1) is 0 Å². The highest BCUT2D eigenvalue weighted by atomic mass is 16.6. The standard InChI is InChI=1S/C17H19N5O5/c1-8-2-4-9(5-3-8)20-17-21-11-14(18-7-19-15(11)26)22(17)16-13(25)12(24)10(6-23)27-16/h2-5,7,10,12-13,16,23-25H,6H2,1H3,(H,20,21)(H,18,19,26)/t10-,12-,13+,16+/m1/s1. The largest absolute Gasteiger partial charge is 0.394 e. The maximum absolute atomic E-state index is 12.1. The number of aliphatic hydroxyl groups excluding tert-OH is 3. The molecule has 1 saturated heterocycles. The third kappa shape index (κ3) is 2.98. The van der Waals surface area contributed by atoms with Gasteiger partial charge in [-0.1, -0.05) is 17.7 Å². The van der Waals surface area contributed by atoms with Crippen LogP contribution >= 0.6 is 0 Å². The van der Waals surface area contributed by atoms with E-state index in [1.807, 2.05) is 31.2 Å². The van der Waals surface area contributed by atoms with Crippen molar-refractivity contribution >= 4 is 22.8 Å². The van der Waals surface area contributed by atoms with E-state index in [2.05, 4.69) is 20.3 Å². The Morgan fingerprint density at radius 2 is 2.00 bits per heavy atom. The summed E-state index contributed by atoms with van der Waals surface area (Å²) in [6.45, 7) is 1.50. The van der Waals surface area contributed by atoms with E-state index in [0.717, 1.165) is 5.56 Å². The Balaban J connectivity index is 1.83. The van der Waals surface area contributed by atoms with Crippen LogP contribution < -0.4 is 10.9 Å². The fourth-order valence-electron chi connectivity index (χ4n) is 3.11. The van der Waals surface area contributed by atoms with Crippen molar-refractivity contribution in [2.24, 2.45) is 0 Å². The molecule has 0 saturated carbocycles. The Kier molecular flexibility index (Phi) is 4.40. The first-order chi connectivity index (χ1) is 13.0. The fraction of sp³-hybridized carbons (Fsp3) is 0.353. The molecule has 1 aliphatic rings. The van der Waals surface area contributed by atoms with Crippen molar-refractivity contribution in [3.05, 3.63) is 46.5 Å². The van der Waals surface area contributed by atoms with Crippen LogP contribution in [0.4, 0.5) is 11.6 Å². The van der Waals surface area contributed by atoms with Crippen molar-refractivity contribution in [1.29, 1.82) is 0 Å². The second-order valence-electron chi connectivity index (χ2n) is 6.43. The summed E-state index contributed by atoms with van der Waals surface area (Å²) in [5.74, 6) is 0.216. The molecule has 1 aliphatic heterocycles. The van der Waals surface area contributed by atoms with Gasteiger partial charge in [0.2, 0.25) is 5.95 Å². The first-order valence-electron chi connectivity index (χ1n) is 8.41. The average molecular weight is 373 g/mol. The molecule has 1 aromatic carbocycles. The van der Waals surface area contributed by atoms with Crippen LogP contribution in [0.2, 0.25) is 0 Å². The van der Waals surface area contributed by atoms with Crippen LogP contribution in [0.25, 0.3) is 11.2 Å². The van der Waals surface area contributed by atoms with Crippen molar-refractivity contribution in [2.75, 3.05) is 11.9 Å². The fourth-order valence-corrected chi connectivity index (χ4v) is 3.11. The Labute approximate surface area is 153 Å². The number of fused-ring (bicyclic) bond motifs is 1. The highest BCUT2D eigenvalue weighted by molar-refractivity contribution is 5.75. The van der Waals surface area contributed by atoms with E-state index in [1.54, 1.807) is 0 Å². The lowest BCUT2D eigenvalue weighted by molar-refractivity contribution is -0.0501. The maximum Gasteiger partial charge on any atom is 0.278 e. The molecule has 0 amide bonds. The van der Waals surface area contributed by atoms with Gasteiger partial charge < -0.3 is 30.4 Å². The zero-order valence-corrected chi connectivity index (χ0v) is 14.4. The maximum atomic E-state index is 12.1. The summed E-state index contributed by atoms with van der Waals surface area (Å²) in [5.41, 5.74) is 1.58. The van der Waals surface area contributed by atoms with E-state index in [9.17, 15) is 20.1 Å². The lowest BCUT2D eigenvalue weighted by Crippen LogP contribution is -2.33. The SMILES string of the molecule is Cc1ccc(Nc2nc3c(=O)[nH]cnc3n2[C@H]2O[C@H](CO)[C@@H](O)[C@@H]2O)cc1. The van der Waals surface area contributed by atoms with Gasteiger partial charge in [0.15, 0.2) is 17.4 Å². The number of imidazole rings is 1. The van der Waals surface area contributed by atoms with Crippen LogP contribution in [0.3, 0.4) is 0 Å². The smallest absolute Gasteiger partial charge is 0.278 e. The molecule has 142 valence electrons. The zero-order chi connectivity index (χ0) is 19.1. The minimum atomic E-state index is -1.33. The summed E-state index contributed by atoms with van der Waals surface area (Å²) < 4.78 is 7.02. The minimum absolute atomic E-state index is 0.0600. The number of aromatic nitrogens is 4. The monoisotopic (exact) mass is 373 g/mol. The third-order valence-corrected chi connectivity index (χ3v) is 4.56. The van der Waals surface area contributed by atoms with Gasteiger partial charge in [-0.25, -0.2) is 9.97 Å². The predicted octanol–water partition coefficient (Wildman–Crippen LogP) is -0.217. The topological polar surface area (TPSA) is 146 Å². The van der Waals surface area contributed by atoms with E-state index >= 15 is 0 Å². The number of aliphatic hydroxyl groups is 3. The van der Waals surface area contributed by atoms with E-state index in [4.69, 9.17) is 4.74 Å². The predicted molar refractivity (Wildman–Crippen MR) is 95.6 cm³/mol. The number of aryl methyl sites for hydroxylation is 1. The van der Waals surface area contributed by atoms with Gasteiger partial charge in [0.1, 0.15) is 18.3 Å². The van der Waals surface area contributed by atoms with Gasteiger partial charge >= 0.3 is 0 Å². The molecule has 0 radical (unpaired) electrons. The van der Waals surface area contributed by atoms with E-state index in [0.29, 0.717) is 5.69 Å². The molecular formula is C17H19N5O5. The highest BCUT2D eigenvalue weighted by Gasteiger charge is 2.45. The molecule has 10 nitrogen and oxygen atoms in total. The Hall–Kier alpha value is -2.79. The van der Waals surface area contributed by atoms with Crippen LogP contribution in [-0.2, 0) is 4.74 Å². The number of H-pyrrole nitrogens is 1. The normalized spacial score (nSPS) is 25.2. The molecule has 4 atom stereocenters. The number of ether oxygens (including phenoxy) is 1. The van der Waals surface area contributed by atoms with Crippen LogP contribution in [0, 0.1) is 6.92 Å². The summed E-state index contributed by atoms with van der Waals surface area (Å²) in [5, 5.41) is 32.9. The molecule has 3 aromatic rings. The molecule has 1 fully saturated rings. The number of nitrogens with zero attached hydrogens (tertiary/aromatic N) is 3. The van der Waals surface area contributed by atoms with Gasteiger partial charge in [-0.2, -0.15) is 0 Å². The highest BCUT2D eigenvalue weighted by Crippen LogP contribution is 2.34. The van der Waals surface area contributed by atoms with Gasteiger partial charge in [0.25, 0.3) is 5.56 Å². The third-order valence-electron chi connectivity index (χ3n) is 4.56. The van der Waals surface area contributed by atoms with E-state index in [1.165, 1.54) is 10.9 Å². The van der Waals surface area contributed by atoms with E-state index < -0.39 is 36.7 Å². The van der Waals surface area contributed by atoms with E-state index in [-0.39, 0.29) is 17.1 Å². The van der Waals surface area contributed by atoms with Gasteiger partial charge in [-0.05, 0) is 19.1 Å². The zero-order valence-electron chi connectivity index (χ0n) is 14.4. The number of nitrogens with one attached hydrogen (secondary N) is 2. The van der Waals surface area contributed by atoms with Crippen LogP contribution in [0.5, 0.6) is 0 Å². The number of anilines is 2. The van der Waals surface area contributed by atoms with Crippen LogP contribution in [0.1, 0.15) is 11.8 Å². The number of hydrogen-bond acceptors (Lipinski definition) is 8. The first-order valence-corrected chi connectivity index (χ1v) is 8.41. The molecule has 0 bridgehead atoms. The molecule has 0 aliphatic carbocycles. The van der Waals surface area contributed by atoms with Crippen LogP contribution in [0.15, 0.2) is 35.4 Å². The Morgan fingerprint density at radius 3 is 2.67 bits per heavy atom. The summed E-state index contributed by atoms with van der Waals surface area (Å²) >= 11 is 0.